The maximum Gasteiger partial charge on any atom is 0.253 e. The second kappa shape index (κ2) is 7.31. The summed E-state index contributed by atoms with van der Waals surface area (Å²) in [5.41, 5.74) is 2.77. The molecule has 142 valence electrons. The van der Waals surface area contributed by atoms with Crippen LogP contribution >= 0.6 is 0 Å². The lowest BCUT2D eigenvalue weighted by atomic mass is 9.98. The van der Waals surface area contributed by atoms with Crippen LogP contribution in [0.2, 0.25) is 0 Å². The Hall–Kier alpha value is -3.41. The first-order valence-electron chi connectivity index (χ1n) is 9.29. The molecule has 0 radical (unpaired) electrons. The van der Waals surface area contributed by atoms with Gasteiger partial charge >= 0.3 is 0 Å². The van der Waals surface area contributed by atoms with Crippen LogP contribution in [0.1, 0.15) is 37.4 Å². The molecule has 0 saturated carbocycles. The third-order valence-electron chi connectivity index (χ3n) is 4.86. The number of nitrogens with zero attached hydrogens (tertiary/aromatic N) is 2. The summed E-state index contributed by atoms with van der Waals surface area (Å²) in [4.78, 5) is 27.9. The molecule has 0 fully saturated rings. The van der Waals surface area contributed by atoms with Crippen LogP contribution in [0.25, 0.3) is 10.9 Å². The van der Waals surface area contributed by atoms with Crippen LogP contribution in [0.4, 0.5) is 0 Å². The molecule has 6 nitrogen and oxygen atoms in total. The Bertz CT molecular complexity index is 1120. The highest BCUT2D eigenvalue weighted by atomic mass is 16.5. The van der Waals surface area contributed by atoms with Gasteiger partial charge in [-0.15, -0.1) is 0 Å². The SMILES string of the molecule is CCOc1ccc2cc(C3CC(c4ccccc4)=NN3C(C)=O)c(=O)[nH]c2c1. The van der Waals surface area contributed by atoms with Crippen LogP contribution in [-0.2, 0) is 4.79 Å². The number of nitrogens with one attached hydrogen (secondary N) is 1. The Morgan fingerprint density at radius 2 is 2.00 bits per heavy atom. The molecular formula is C22H21N3O3. The van der Waals surface area contributed by atoms with Gasteiger partial charge in [-0.2, -0.15) is 5.10 Å². The normalized spacial score (nSPS) is 16.3. The van der Waals surface area contributed by atoms with Crippen LogP contribution < -0.4 is 10.3 Å². The van der Waals surface area contributed by atoms with E-state index in [1.807, 2.05) is 61.5 Å². The third kappa shape index (κ3) is 3.29. The summed E-state index contributed by atoms with van der Waals surface area (Å²) < 4.78 is 5.50. The zero-order valence-electron chi connectivity index (χ0n) is 15.8. The number of hydrogen-bond acceptors (Lipinski definition) is 4. The van der Waals surface area contributed by atoms with Gasteiger partial charge in [0.15, 0.2) is 0 Å². The van der Waals surface area contributed by atoms with Gasteiger partial charge in [-0.1, -0.05) is 30.3 Å². The van der Waals surface area contributed by atoms with Gasteiger partial charge in [0.1, 0.15) is 5.75 Å². The van der Waals surface area contributed by atoms with E-state index in [9.17, 15) is 9.59 Å². The zero-order valence-corrected chi connectivity index (χ0v) is 15.8. The summed E-state index contributed by atoms with van der Waals surface area (Å²) in [5.74, 6) is 0.515. The van der Waals surface area contributed by atoms with Gasteiger partial charge in [0.25, 0.3) is 5.56 Å². The van der Waals surface area contributed by atoms with Crippen LogP contribution in [0.15, 0.2) is 64.5 Å². The summed E-state index contributed by atoms with van der Waals surface area (Å²) in [5, 5.41) is 6.80. The van der Waals surface area contributed by atoms with Crippen molar-refractivity contribution in [3.63, 3.8) is 0 Å². The predicted molar refractivity (Wildman–Crippen MR) is 109 cm³/mol. The minimum absolute atomic E-state index is 0.192. The third-order valence-corrected chi connectivity index (χ3v) is 4.86. The van der Waals surface area contributed by atoms with E-state index in [2.05, 4.69) is 10.1 Å². The van der Waals surface area contributed by atoms with E-state index >= 15 is 0 Å². The molecule has 3 aromatic rings. The molecule has 1 unspecified atom stereocenters. The second-order valence-corrected chi connectivity index (χ2v) is 6.73. The smallest absolute Gasteiger partial charge is 0.253 e. The first-order chi connectivity index (χ1) is 13.6. The molecule has 0 aliphatic carbocycles. The Kier molecular flexibility index (Phi) is 4.69. The molecule has 0 bridgehead atoms. The highest BCUT2D eigenvalue weighted by Gasteiger charge is 2.33. The molecule has 2 heterocycles. The average Bonchev–Trinajstić information content (AvgIpc) is 3.14. The van der Waals surface area contributed by atoms with Crippen LogP contribution in [0, 0.1) is 0 Å². The molecule has 6 heteroatoms. The Labute approximate surface area is 162 Å². The number of hydrogen-bond donors (Lipinski definition) is 1. The number of amides is 1. The average molecular weight is 375 g/mol. The van der Waals surface area contributed by atoms with Crippen molar-refractivity contribution in [3.8, 4) is 5.75 Å². The number of H-pyrrole nitrogens is 1. The van der Waals surface area contributed by atoms with Gasteiger partial charge in [0.05, 0.1) is 23.9 Å². The quantitative estimate of drug-likeness (QED) is 0.757. The van der Waals surface area contributed by atoms with Gasteiger partial charge in [-0.25, -0.2) is 5.01 Å². The van der Waals surface area contributed by atoms with Crippen molar-refractivity contribution in [2.24, 2.45) is 5.10 Å². The minimum atomic E-state index is -0.424. The van der Waals surface area contributed by atoms with Gasteiger partial charge in [-0.3, -0.25) is 9.59 Å². The van der Waals surface area contributed by atoms with Gasteiger partial charge < -0.3 is 9.72 Å². The van der Waals surface area contributed by atoms with Crippen LogP contribution in [0.5, 0.6) is 5.75 Å². The van der Waals surface area contributed by atoms with Crippen LogP contribution in [0.3, 0.4) is 0 Å². The monoisotopic (exact) mass is 375 g/mol. The molecule has 28 heavy (non-hydrogen) atoms. The largest absolute Gasteiger partial charge is 0.494 e. The highest BCUT2D eigenvalue weighted by molar-refractivity contribution is 6.03. The van der Waals surface area contributed by atoms with Gasteiger partial charge in [0.2, 0.25) is 5.91 Å². The number of ether oxygens (including phenoxy) is 1. The molecule has 1 aliphatic heterocycles. The summed E-state index contributed by atoms with van der Waals surface area (Å²) in [7, 11) is 0. The Morgan fingerprint density at radius 3 is 2.71 bits per heavy atom. The first kappa shape index (κ1) is 18.0. The summed E-state index contributed by atoms with van der Waals surface area (Å²) in [6.45, 7) is 3.94. The van der Waals surface area contributed by atoms with Gasteiger partial charge in [-0.05, 0) is 36.1 Å². The molecule has 2 aromatic carbocycles. The lowest BCUT2D eigenvalue weighted by Crippen LogP contribution is -2.29. The first-order valence-corrected chi connectivity index (χ1v) is 9.29. The standard InChI is InChI=1S/C22H21N3O3/c1-3-28-17-10-9-16-11-18(22(27)23-19(16)12-17)21-13-20(24-25(21)14(2)26)15-7-5-4-6-8-15/h4-12,21H,3,13H2,1-2H3,(H,23,27). The summed E-state index contributed by atoms with van der Waals surface area (Å²) in [6, 6.07) is 16.7. The van der Waals surface area contributed by atoms with Crippen molar-refractivity contribution >= 4 is 22.5 Å². The topological polar surface area (TPSA) is 74.8 Å². The lowest BCUT2D eigenvalue weighted by Gasteiger charge is -2.20. The van der Waals surface area contributed by atoms with Crippen LogP contribution in [-0.4, -0.2) is 28.2 Å². The fourth-order valence-corrected chi connectivity index (χ4v) is 3.55. The molecular weight excluding hydrogens is 354 g/mol. The molecule has 1 amide bonds. The minimum Gasteiger partial charge on any atom is -0.494 e. The Balaban J connectivity index is 1.74. The van der Waals surface area contributed by atoms with E-state index in [4.69, 9.17) is 4.74 Å². The van der Waals surface area contributed by atoms with E-state index in [1.54, 1.807) is 0 Å². The van der Waals surface area contributed by atoms with E-state index < -0.39 is 6.04 Å². The number of pyridine rings is 1. The molecule has 0 spiro atoms. The molecule has 4 rings (SSSR count). The van der Waals surface area contributed by atoms with Crippen molar-refractivity contribution in [1.29, 1.82) is 0 Å². The molecule has 1 aliphatic rings. The fraction of sp³-hybridized carbons (Fsp3) is 0.227. The predicted octanol–water partition coefficient (Wildman–Crippen LogP) is 3.62. The number of hydrazone groups is 1. The number of aromatic amines is 1. The molecule has 0 saturated heterocycles. The van der Waals surface area contributed by atoms with Crippen molar-refractivity contribution in [1.82, 2.24) is 9.99 Å². The fourth-order valence-electron chi connectivity index (χ4n) is 3.55. The van der Waals surface area contributed by atoms with Crippen molar-refractivity contribution in [3.05, 3.63) is 76.1 Å². The van der Waals surface area contributed by atoms with E-state index in [0.29, 0.717) is 29.9 Å². The molecule has 1 atom stereocenters. The van der Waals surface area contributed by atoms with E-state index in [1.165, 1.54) is 11.9 Å². The van der Waals surface area contributed by atoms with Crippen molar-refractivity contribution < 1.29 is 9.53 Å². The number of aromatic nitrogens is 1. The lowest BCUT2D eigenvalue weighted by molar-refractivity contribution is -0.130. The molecule has 1 aromatic heterocycles. The van der Waals surface area contributed by atoms with E-state index in [0.717, 1.165) is 16.7 Å². The summed E-state index contributed by atoms with van der Waals surface area (Å²) >= 11 is 0. The Morgan fingerprint density at radius 1 is 1.21 bits per heavy atom. The number of carbonyl (C=O) groups is 1. The molecule has 1 N–H and O–H groups in total. The number of fused-ring (bicyclic) bond motifs is 1. The van der Waals surface area contributed by atoms with E-state index in [-0.39, 0.29) is 11.5 Å². The maximum atomic E-state index is 12.8. The van der Waals surface area contributed by atoms with Crippen molar-refractivity contribution in [2.75, 3.05) is 6.61 Å². The zero-order chi connectivity index (χ0) is 19.7. The summed E-state index contributed by atoms with van der Waals surface area (Å²) in [6.07, 6.45) is 0.495. The van der Waals surface area contributed by atoms with Crippen molar-refractivity contribution in [2.45, 2.75) is 26.3 Å². The number of rotatable bonds is 4. The van der Waals surface area contributed by atoms with Gasteiger partial charge in [0, 0.05) is 25.0 Å². The highest BCUT2D eigenvalue weighted by Crippen LogP contribution is 2.32. The number of benzene rings is 2. The maximum absolute atomic E-state index is 12.8. The second-order valence-electron chi connectivity index (χ2n) is 6.73. The number of carbonyl (C=O) groups excluding carboxylic acids is 1.